The topological polar surface area (TPSA) is 110 Å². The van der Waals surface area contributed by atoms with Gasteiger partial charge in [0.15, 0.2) is 0 Å². The molecule has 3 rings (SSSR count). The summed E-state index contributed by atoms with van der Waals surface area (Å²) < 4.78 is 5.00. The molecule has 1 saturated heterocycles. The summed E-state index contributed by atoms with van der Waals surface area (Å²) in [5.41, 5.74) is 1.64. The average molecular weight is 499 g/mol. The third kappa shape index (κ3) is 7.16. The summed E-state index contributed by atoms with van der Waals surface area (Å²) in [5.74, 6) is -0.764. The largest absolute Gasteiger partial charge is 0.465 e. The Labute approximate surface area is 209 Å². The highest BCUT2D eigenvalue weighted by molar-refractivity contribution is 7.99. The lowest BCUT2D eigenvalue weighted by atomic mass is 9.95. The average Bonchev–Trinajstić information content (AvgIpc) is 2.82. The van der Waals surface area contributed by atoms with Crippen molar-refractivity contribution in [1.82, 2.24) is 4.90 Å². The minimum Gasteiger partial charge on any atom is -0.465 e. The van der Waals surface area contributed by atoms with E-state index < -0.39 is 17.0 Å². The van der Waals surface area contributed by atoms with Gasteiger partial charge < -0.3 is 14.7 Å². The van der Waals surface area contributed by atoms with E-state index in [1.165, 1.54) is 30.8 Å². The molecular weight excluding hydrogens is 468 g/mol. The zero-order valence-corrected chi connectivity index (χ0v) is 20.9. The Hall–Kier alpha value is -3.17. The number of piperidine rings is 1. The van der Waals surface area contributed by atoms with Crippen LogP contribution < -0.4 is 0 Å². The molecule has 2 atom stereocenters. The van der Waals surface area contributed by atoms with Gasteiger partial charge in [0, 0.05) is 43.0 Å². The molecule has 8 nitrogen and oxygen atoms in total. The lowest BCUT2D eigenvalue weighted by Gasteiger charge is -2.35. The number of aliphatic hydroxyl groups is 1. The third-order valence-corrected chi connectivity index (χ3v) is 7.02. The molecule has 0 aromatic heterocycles. The van der Waals surface area contributed by atoms with Gasteiger partial charge in [-0.1, -0.05) is 49.9 Å². The maximum Gasteiger partial charge on any atom is 0.302 e. The SMILES string of the molecule is CC(=O)OCC1CN(C(=O)/C=C/c2ccc(Sc3ccccc3C(C)C)c([N+](=O)[O-])c2)CCC1O. The first-order valence-electron chi connectivity index (χ1n) is 11.5. The number of ether oxygens (including phenoxy) is 1. The standard InChI is InChI=1S/C26H30N2O6S/c1-17(2)21-6-4-5-7-24(21)35-25-10-8-19(14-22(25)28(32)33)9-11-26(31)27-13-12-23(30)20(15-27)16-34-18(3)29/h4-11,14,17,20,23,30H,12-13,15-16H2,1-3H3/b11-9+. The molecule has 1 N–H and O–H groups in total. The minimum atomic E-state index is -0.643. The smallest absolute Gasteiger partial charge is 0.302 e. The highest BCUT2D eigenvalue weighted by Crippen LogP contribution is 2.39. The number of amides is 1. The van der Waals surface area contributed by atoms with Crippen molar-refractivity contribution in [2.24, 2.45) is 5.92 Å². The van der Waals surface area contributed by atoms with Gasteiger partial charge in [-0.05, 0) is 41.7 Å². The Morgan fingerprint density at radius 3 is 2.69 bits per heavy atom. The number of likely N-dealkylation sites (tertiary alicyclic amines) is 1. The summed E-state index contributed by atoms with van der Waals surface area (Å²) >= 11 is 1.36. The number of benzene rings is 2. The number of carbonyl (C=O) groups excluding carboxylic acids is 2. The van der Waals surface area contributed by atoms with Crippen molar-refractivity contribution in [2.45, 2.75) is 49.0 Å². The molecule has 186 valence electrons. The van der Waals surface area contributed by atoms with Crippen LogP contribution in [0.3, 0.4) is 0 Å². The molecule has 0 saturated carbocycles. The number of rotatable bonds is 8. The Morgan fingerprint density at radius 2 is 2.00 bits per heavy atom. The van der Waals surface area contributed by atoms with Gasteiger partial charge in [0.05, 0.1) is 22.5 Å². The van der Waals surface area contributed by atoms with Crippen LogP contribution in [0.1, 0.15) is 44.2 Å². The molecule has 1 amide bonds. The Morgan fingerprint density at radius 1 is 1.26 bits per heavy atom. The summed E-state index contributed by atoms with van der Waals surface area (Å²) in [6.45, 7) is 6.16. The van der Waals surface area contributed by atoms with E-state index in [9.17, 15) is 24.8 Å². The number of carbonyl (C=O) groups is 2. The molecule has 1 aliphatic heterocycles. The van der Waals surface area contributed by atoms with Gasteiger partial charge in [0.1, 0.15) is 0 Å². The third-order valence-electron chi connectivity index (χ3n) is 5.87. The molecule has 9 heteroatoms. The van der Waals surface area contributed by atoms with Crippen LogP contribution in [0, 0.1) is 16.0 Å². The van der Waals surface area contributed by atoms with Crippen molar-refractivity contribution in [3.8, 4) is 0 Å². The van der Waals surface area contributed by atoms with Gasteiger partial charge in [0.25, 0.3) is 5.69 Å². The van der Waals surface area contributed by atoms with Crippen molar-refractivity contribution in [3.63, 3.8) is 0 Å². The van der Waals surface area contributed by atoms with E-state index in [1.54, 1.807) is 23.1 Å². The minimum absolute atomic E-state index is 0.0225. The summed E-state index contributed by atoms with van der Waals surface area (Å²) in [7, 11) is 0. The highest BCUT2D eigenvalue weighted by Gasteiger charge is 2.30. The Kier molecular flexibility index (Phi) is 9.06. The molecule has 0 spiro atoms. The van der Waals surface area contributed by atoms with Crippen molar-refractivity contribution in [3.05, 3.63) is 69.8 Å². The molecular formula is C26H30N2O6S. The van der Waals surface area contributed by atoms with Gasteiger partial charge in [-0.2, -0.15) is 0 Å². The molecule has 0 bridgehead atoms. The fourth-order valence-corrected chi connectivity index (χ4v) is 5.10. The molecule has 1 aliphatic rings. The van der Waals surface area contributed by atoms with Crippen LogP contribution in [0.25, 0.3) is 6.08 Å². The zero-order chi connectivity index (χ0) is 25.5. The van der Waals surface area contributed by atoms with Crippen molar-refractivity contribution in [1.29, 1.82) is 0 Å². The fourth-order valence-electron chi connectivity index (χ4n) is 3.92. The van der Waals surface area contributed by atoms with Crippen LogP contribution in [0.5, 0.6) is 0 Å². The molecule has 2 unspecified atom stereocenters. The first kappa shape index (κ1) is 26.4. The van der Waals surface area contributed by atoms with E-state index in [4.69, 9.17) is 4.74 Å². The molecule has 2 aromatic carbocycles. The monoisotopic (exact) mass is 498 g/mol. The van der Waals surface area contributed by atoms with E-state index in [2.05, 4.69) is 13.8 Å². The van der Waals surface area contributed by atoms with Gasteiger partial charge in [-0.3, -0.25) is 19.7 Å². The van der Waals surface area contributed by atoms with Crippen molar-refractivity contribution < 1.29 is 24.4 Å². The number of nitro groups is 1. The van der Waals surface area contributed by atoms with Gasteiger partial charge in [-0.25, -0.2) is 0 Å². The predicted molar refractivity (Wildman–Crippen MR) is 134 cm³/mol. The summed E-state index contributed by atoms with van der Waals surface area (Å²) in [4.78, 5) is 38.2. The Bertz CT molecular complexity index is 1120. The van der Waals surface area contributed by atoms with E-state index >= 15 is 0 Å². The van der Waals surface area contributed by atoms with Gasteiger partial charge in [0.2, 0.25) is 5.91 Å². The fraction of sp³-hybridized carbons (Fsp3) is 0.385. The maximum absolute atomic E-state index is 12.7. The lowest BCUT2D eigenvalue weighted by Crippen LogP contribution is -2.47. The molecule has 1 heterocycles. The first-order chi connectivity index (χ1) is 16.7. The predicted octanol–water partition coefficient (Wildman–Crippen LogP) is 4.66. The number of nitrogens with zero attached hydrogens (tertiary/aromatic N) is 2. The van der Waals surface area contributed by atoms with Crippen LogP contribution in [0.4, 0.5) is 5.69 Å². The normalized spacial score (nSPS) is 18.1. The van der Waals surface area contributed by atoms with Crippen LogP contribution in [-0.4, -0.2) is 52.6 Å². The number of hydrogen-bond acceptors (Lipinski definition) is 7. The number of hydrogen-bond donors (Lipinski definition) is 1. The van der Waals surface area contributed by atoms with E-state index in [0.717, 1.165) is 10.5 Å². The van der Waals surface area contributed by atoms with Crippen LogP contribution in [-0.2, 0) is 14.3 Å². The molecule has 1 fully saturated rings. The number of esters is 1. The second kappa shape index (κ2) is 12.0. The number of nitro benzene ring substituents is 1. The van der Waals surface area contributed by atoms with Crippen LogP contribution in [0.15, 0.2) is 58.3 Å². The quantitative estimate of drug-likeness (QED) is 0.244. The number of aliphatic hydroxyl groups excluding tert-OH is 1. The molecule has 2 aromatic rings. The lowest BCUT2D eigenvalue weighted by molar-refractivity contribution is -0.387. The van der Waals surface area contributed by atoms with Gasteiger partial charge in [-0.15, -0.1) is 0 Å². The summed E-state index contributed by atoms with van der Waals surface area (Å²) in [6.07, 6.45) is 2.68. The van der Waals surface area contributed by atoms with Crippen LogP contribution in [0.2, 0.25) is 0 Å². The maximum atomic E-state index is 12.7. The van der Waals surface area contributed by atoms with Crippen molar-refractivity contribution in [2.75, 3.05) is 19.7 Å². The van der Waals surface area contributed by atoms with Crippen molar-refractivity contribution >= 4 is 35.4 Å². The van der Waals surface area contributed by atoms with E-state index in [-0.39, 0.29) is 36.6 Å². The summed E-state index contributed by atoms with van der Waals surface area (Å²) in [6, 6.07) is 12.8. The molecule has 0 aliphatic carbocycles. The summed E-state index contributed by atoms with van der Waals surface area (Å²) in [5, 5.41) is 21.9. The van der Waals surface area contributed by atoms with E-state index in [1.807, 2.05) is 24.3 Å². The second-order valence-electron chi connectivity index (χ2n) is 8.82. The first-order valence-corrected chi connectivity index (χ1v) is 12.3. The highest BCUT2D eigenvalue weighted by atomic mass is 32.2. The Balaban J connectivity index is 1.73. The zero-order valence-electron chi connectivity index (χ0n) is 20.0. The van der Waals surface area contributed by atoms with Gasteiger partial charge >= 0.3 is 5.97 Å². The second-order valence-corrected chi connectivity index (χ2v) is 9.90. The van der Waals surface area contributed by atoms with Crippen LogP contribution >= 0.6 is 11.8 Å². The molecule has 35 heavy (non-hydrogen) atoms. The molecule has 0 radical (unpaired) electrons. The van der Waals surface area contributed by atoms with E-state index in [0.29, 0.717) is 23.4 Å².